The lowest BCUT2D eigenvalue weighted by Gasteiger charge is -2.06. The molecule has 1 saturated carbocycles. The van der Waals surface area contributed by atoms with Crippen LogP contribution < -0.4 is 5.32 Å². The standard InChI is InChI=1S/C12H14BrNO/c1-2-8-7-9(8)12(15)14-11-6-4-3-5-10(11)13/h3-6,8-9H,2,7H2,1H3,(H,14,15)/t8-,9-/m1/s1. The molecule has 0 unspecified atom stereocenters. The molecule has 1 aromatic rings. The summed E-state index contributed by atoms with van der Waals surface area (Å²) in [6.07, 6.45) is 2.15. The van der Waals surface area contributed by atoms with E-state index in [1.807, 2.05) is 24.3 Å². The van der Waals surface area contributed by atoms with E-state index >= 15 is 0 Å². The average molecular weight is 268 g/mol. The van der Waals surface area contributed by atoms with Crippen LogP contribution in [0, 0.1) is 11.8 Å². The molecule has 1 amide bonds. The SMILES string of the molecule is CC[C@@H]1C[C@H]1C(=O)Nc1ccccc1Br. The Kier molecular flexibility index (Phi) is 3.10. The van der Waals surface area contributed by atoms with Crippen molar-refractivity contribution in [3.05, 3.63) is 28.7 Å². The molecule has 0 bridgehead atoms. The van der Waals surface area contributed by atoms with Gasteiger partial charge in [-0.15, -0.1) is 0 Å². The van der Waals surface area contributed by atoms with Crippen molar-refractivity contribution in [2.45, 2.75) is 19.8 Å². The fourth-order valence-electron chi connectivity index (χ4n) is 1.81. The fraction of sp³-hybridized carbons (Fsp3) is 0.417. The Morgan fingerprint density at radius 1 is 1.53 bits per heavy atom. The summed E-state index contributed by atoms with van der Waals surface area (Å²) < 4.78 is 0.937. The molecule has 0 heterocycles. The summed E-state index contributed by atoms with van der Waals surface area (Å²) in [7, 11) is 0. The zero-order chi connectivity index (χ0) is 10.8. The second kappa shape index (κ2) is 4.35. The smallest absolute Gasteiger partial charge is 0.227 e. The minimum absolute atomic E-state index is 0.161. The van der Waals surface area contributed by atoms with Gasteiger partial charge in [0.1, 0.15) is 0 Å². The summed E-state index contributed by atoms with van der Waals surface area (Å²) in [4.78, 5) is 11.8. The molecule has 2 rings (SSSR count). The van der Waals surface area contributed by atoms with Gasteiger partial charge in [-0.3, -0.25) is 4.79 Å². The molecule has 15 heavy (non-hydrogen) atoms. The molecule has 0 radical (unpaired) electrons. The van der Waals surface area contributed by atoms with Crippen molar-refractivity contribution in [3.63, 3.8) is 0 Å². The Morgan fingerprint density at radius 2 is 2.27 bits per heavy atom. The number of rotatable bonds is 3. The number of carbonyl (C=O) groups excluding carboxylic acids is 1. The van der Waals surface area contributed by atoms with Gasteiger partial charge in [0.15, 0.2) is 0 Å². The molecule has 0 aromatic heterocycles. The molecule has 0 aliphatic heterocycles. The highest BCUT2D eigenvalue weighted by molar-refractivity contribution is 9.10. The molecule has 1 N–H and O–H groups in total. The van der Waals surface area contributed by atoms with E-state index in [1.54, 1.807) is 0 Å². The van der Waals surface area contributed by atoms with Gasteiger partial charge in [0, 0.05) is 10.4 Å². The topological polar surface area (TPSA) is 29.1 Å². The van der Waals surface area contributed by atoms with Crippen molar-refractivity contribution in [3.8, 4) is 0 Å². The number of para-hydroxylation sites is 1. The number of anilines is 1. The summed E-state index contributed by atoms with van der Waals surface area (Å²) in [5.41, 5.74) is 0.865. The number of benzene rings is 1. The second-order valence-electron chi connectivity index (χ2n) is 3.98. The molecule has 80 valence electrons. The normalized spacial score (nSPS) is 23.6. The van der Waals surface area contributed by atoms with E-state index in [-0.39, 0.29) is 11.8 Å². The Bertz CT molecular complexity index is 378. The minimum Gasteiger partial charge on any atom is -0.325 e. The highest BCUT2D eigenvalue weighted by Gasteiger charge is 2.41. The van der Waals surface area contributed by atoms with E-state index in [2.05, 4.69) is 28.2 Å². The molecule has 1 aromatic carbocycles. The lowest BCUT2D eigenvalue weighted by molar-refractivity contribution is -0.117. The zero-order valence-corrected chi connectivity index (χ0v) is 10.3. The largest absolute Gasteiger partial charge is 0.325 e. The lowest BCUT2D eigenvalue weighted by Crippen LogP contribution is -2.14. The van der Waals surface area contributed by atoms with Crippen molar-refractivity contribution in [2.75, 3.05) is 5.32 Å². The number of hydrogen-bond acceptors (Lipinski definition) is 1. The highest BCUT2D eigenvalue weighted by Crippen LogP contribution is 2.41. The molecule has 1 fully saturated rings. The molecule has 3 heteroatoms. The predicted molar refractivity (Wildman–Crippen MR) is 64.7 cm³/mol. The lowest BCUT2D eigenvalue weighted by atomic mass is 10.2. The van der Waals surface area contributed by atoms with Crippen LogP contribution in [0.1, 0.15) is 19.8 Å². The number of amides is 1. The van der Waals surface area contributed by atoms with Gasteiger partial charge in [-0.1, -0.05) is 25.5 Å². The average Bonchev–Trinajstić information content (AvgIpc) is 3.00. The monoisotopic (exact) mass is 267 g/mol. The number of carbonyl (C=O) groups is 1. The van der Waals surface area contributed by atoms with Crippen molar-refractivity contribution in [1.29, 1.82) is 0 Å². The van der Waals surface area contributed by atoms with E-state index in [1.165, 1.54) is 0 Å². The molecule has 1 aliphatic rings. The van der Waals surface area contributed by atoms with Crippen LogP contribution in [0.3, 0.4) is 0 Å². The maximum absolute atomic E-state index is 11.8. The van der Waals surface area contributed by atoms with Crippen LogP contribution in [0.2, 0.25) is 0 Å². The van der Waals surface area contributed by atoms with Gasteiger partial charge in [0.2, 0.25) is 5.91 Å². The van der Waals surface area contributed by atoms with E-state index in [0.717, 1.165) is 23.0 Å². The van der Waals surface area contributed by atoms with Gasteiger partial charge >= 0.3 is 0 Å². The Balaban J connectivity index is 1.98. The Morgan fingerprint density at radius 3 is 2.87 bits per heavy atom. The Labute approximate surface area is 98.2 Å². The molecule has 0 saturated heterocycles. The van der Waals surface area contributed by atoms with Gasteiger partial charge in [-0.2, -0.15) is 0 Å². The van der Waals surface area contributed by atoms with Crippen molar-refractivity contribution >= 4 is 27.5 Å². The summed E-state index contributed by atoms with van der Waals surface area (Å²) in [6, 6.07) is 7.70. The van der Waals surface area contributed by atoms with Gasteiger partial charge in [-0.05, 0) is 40.4 Å². The van der Waals surface area contributed by atoms with Gasteiger partial charge in [0.25, 0.3) is 0 Å². The highest BCUT2D eigenvalue weighted by atomic mass is 79.9. The van der Waals surface area contributed by atoms with E-state index < -0.39 is 0 Å². The van der Waals surface area contributed by atoms with Crippen molar-refractivity contribution in [2.24, 2.45) is 11.8 Å². The van der Waals surface area contributed by atoms with E-state index in [4.69, 9.17) is 0 Å². The number of nitrogens with one attached hydrogen (secondary N) is 1. The van der Waals surface area contributed by atoms with Crippen LogP contribution in [-0.4, -0.2) is 5.91 Å². The van der Waals surface area contributed by atoms with Crippen LogP contribution >= 0.6 is 15.9 Å². The van der Waals surface area contributed by atoms with Gasteiger partial charge in [0.05, 0.1) is 5.69 Å². The molecule has 2 atom stereocenters. The maximum Gasteiger partial charge on any atom is 0.227 e. The summed E-state index contributed by atoms with van der Waals surface area (Å²) in [5, 5.41) is 2.95. The van der Waals surface area contributed by atoms with Crippen molar-refractivity contribution in [1.82, 2.24) is 0 Å². The third-order valence-corrected chi connectivity index (χ3v) is 3.61. The first-order valence-corrected chi connectivity index (χ1v) is 6.07. The third kappa shape index (κ3) is 2.40. The molecule has 1 aliphatic carbocycles. The number of hydrogen-bond donors (Lipinski definition) is 1. The molecule has 0 spiro atoms. The third-order valence-electron chi connectivity index (χ3n) is 2.92. The van der Waals surface area contributed by atoms with Crippen LogP contribution in [0.25, 0.3) is 0 Å². The molecular weight excluding hydrogens is 254 g/mol. The van der Waals surface area contributed by atoms with Crippen molar-refractivity contribution < 1.29 is 4.79 Å². The zero-order valence-electron chi connectivity index (χ0n) is 8.66. The van der Waals surface area contributed by atoms with E-state index in [9.17, 15) is 4.79 Å². The quantitative estimate of drug-likeness (QED) is 0.894. The molecular formula is C12H14BrNO. The van der Waals surface area contributed by atoms with Crippen LogP contribution in [-0.2, 0) is 4.79 Å². The maximum atomic E-state index is 11.8. The first-order chi connectivity index (χ1) is 7.22. The van der Waals surface area contributed by atoms with E-state index in [0.29, 0.717) is 5.92 Å². The second-order valence-corrected chi connectivity index (χ2v) is 4.83. The first-order valence-electron chi connectivity index (χ1n) is 5.27. The van der Waals surface area contributed by atoms with Gasteiger partial charge < -0.3 is 5.32 Å². The fourth-order valence-corrected chi connectivity index (χ4v) is 2.19. The molecule has 2 nitrogen and oxygen atoms in total. The predicted octanol–water partition coefficient (Wildman–Crippen LogP) is 3.43. The summed E-state index contributed by atoms with van der Waals surface area (Å²) >= 11 is 3.41. The van der Waals surface area contributed by atoms with Crippen LogP contribution in [0.4, 0.5) is 5.69 Å². The summed E-state index contributed by atoms with van der Waals surface area (Å²) in [5.74, 6) is 1.00. The van der Waals surface area contributed by atoms with Gasteiger partial charge in [-0.25, -0.2) is 0 Å². The van der Waals surface area contributed by atoms with Crippen LogP contribution in [0.5, 0.6) is 0 Å². The Hall–Kier alpha value is -0.830. The number of halogens is 1. The minimum atomic E-state index is 0.161. The summed E-state index contributed by atoms with van der Waals surface area (Å²) in [6.45, 7) is 2.14. The first kappa shape index (κ1) is 10.7. The van der Waals surface area contributed by atoms with Crippen LogP contribution in [0.15, 0.2) is 28.7 Å².